The van der Waals surface area contributed by atoms with Crippen molar-refractivity contribution in [2.24, 2.45) is 0 Å². The summed E-state index contributed by atoms with van der Waals surface area (Å²) in [4.78, 5) is 37.5. The number of carbonyl (C=O) groups excluding carboxylic acids is 3. The monoisotopic (exact) mass is 272 g/mol. The lowest BCUT2D eigenvalue weighted by Crippen LogP contribution is -2.56. The summed E-state index contributed by atoms with van der Waals surface area (Å²) in [5.41, 5.74) is -0.669. The molecule has 108 valence electrons. The molecule has 0 unspecified atom stereocenters. The number of hydrogen-bond acceptors (Lipinski definition) is 5. The van der Waals surface area contributed by atoms with Gasteiger partial charge in [0.2, 0.25) is 11.8 Å². The molecule has 0 aromatic rings. The summed E-state index contributed by atoms with van der Waals surface area (Å²) in [5, 5.41) is 8.70. The highest BCUT2D eigenvalue weighted by atomic mass is 16.6. The van der Waals surface area contributed by atoms with Gasteiger partial charge in [0, 0.05) is 13.2 Å². The zero-order valence-electron chi connectivity index (χ0n) is 11.5. The Morgan fingerprint density at radius 3 is 2.21 bits per heavy atom. The SMILES string of the molecule is CC(C)(C)OC(=O)N1CC(=O)N(CCCO)C(=O)C1. The number of rotatable bonds is 3. The summed E-state index contributed by atoms with van der Waals surface area (Å²) in [6, 6.07) is 0. The lowest BCUT2D eigenvalue weighted by atomic mass is 10.2. The van der Waals surface area contributed by atoms with Crippen LogP contribution in [0.25, 0.3) is 0 Å². The number of aliphatic hydroxyl groups is 1. The second-order valence-electron chi connectivity index (χ2n) is 5.35. The number of hydrogen-bond donors (Lipinski definition) is 1. The van der Waals surface area contributed by atoms with Gasteiger partial charge in [-0.3, -0.25) is 19.4 Å². The van der Waals surface area contributed by atoms with E-state index < -0.39 is 23.5 Å². The highest BCUT2D eigenvalue weighted by Crippen LogP contribution is 2.13. The average Bonchev–Trinajstić information content (AvgIpc) is 2.25. The Morgan fingerprint density at radius 1 is 1.26 bits per heavy atom. The van der Waals surface area contributed by atoms with Crippen molar-refractivity contribution in [2.45, 2.75) is 32.8 Å². The molecule has 1 heterocycles. The maximum absolute atomic E-state index is 11.8. The first-order valence-corrected chi connectivity index (χ1v) is 6.16. The Labute approximate surface area is 112 Å². The third kappa shape index (κ3) is 4.51. The standard InChI is InChI=1S/C12H20N2O5/c1-12(2,3)19-11(18)13-7-9(16)14(5-4-6-15)10(17)8-13/h15H,4-8H2,1-3H3. The number of ether oxygens (including phenoxy) is 1. The average molecular weight is 272 g/mol. The summed E-state index contributed by atoms with van der Waals surface area (Å²) < 4.78 is 5.11. The van der Waals surface area contributed by atoms with Gasteiger partial charge >= 0.3 is 6.09 Å². The molecule has 7 nitrogen and oxygen atoms in total. The number of nitrogens with zero attached hydrogens (tertiary/aromatic N) is 2. The molecule has 19 heavy (non-hydrogen) atoms. The fourth-order valence-corrected chi connectivity index (χ4v) is 1.63. The molecular formula is C12H20N2O5. The van der Waals surface area contributed by atoms with Gasteiger partial charge in [-0.1, -0.05) is 0 Å². The highest BCUT2D eigenvalue weighted by Gasteiger charge is 2.34. The van der Waals surface area contributed by atoms with Crippen LogP contribution in [0, 0.1) is 0 Å². The molecule has 0 spiro atoms. The summed E-state index contributed by atoms with van der Waals surface area (Å²) in [6.45, 7) is 4.88. The number of aliphatic hydroxyl groups excluding tert-OH is 1. The molecule has 0 aromatic carbocycles. The van der Waals surface area contributed by atoms with Crippen LogP contribution in [0.3, 0.4) is 0 Å². The molecule has 0 aromatic heterocycles. The molecule has 1 N–H and O–H groups in total. The lowest BCUT2D eigenvalue weighted by Gasteiger charge is -2.33. The van der Waals surface area contributed by atoms with Gasteiger partial charge in [-0.15, -0.1) is 0 Å². The van der Waals surface area contributed by atoms with E-state index in [0.29, 0.717) is 6.42 Å². The molecule has 1 saturated heterocycles. The van der Waals surface area contributed by atoms with Gasteiger partial charge in [0.15, 0.2) is 0 Å². The van der Waals surface area contributed by atoms with Gasteiger partial charge < -0.3 is 9.84 Å². The Balaban J connectivity index is 2.62. The van der Waals surface area contributed by atoms with E-state index in [0.717, 1.165) is 9.80 Å². The zero-order chi connectivity index (χ0) is 14.6. The van der Waals surface area contributed by atoms with Crippen molar-refractivity contribution in [1.29, 1.82) is 0 Å². The molecule has 7 heteroatoms. The first-order valence-electron chi connectivity index (χ1n) is 6.16. The van der Waals surface area contributed by atoms with E-state index in [9.17, 15) is 14.4 Å². The van der Waals surface area contributed by atoms with Gasteiger partial charge in [0.1, 0.15) is 18.7 Å². The van der Waals surface area contributed by atoms with Crippen LogP contribution in [0.2, 0.25) is 0 Å². The first kappa shape index (κ1) is 15.4. The molecule has 0 aliphatic carbocycles. The van der Waals surface area contributed by atoms with E-state index in [1.807, 2.05) is 0 Å². The van der Waals surface area contributed by atoms with Crippen LogP contribution in [-0.2, 0) is 14.3 Å². The Morgan fingerprint density at radius 2 is 1.79 bits per heavy atom. The second kappa shape index (κ2) is 6.01. The van der Waals surface area contributed by atoms with Crippen molar-refractivity contribution in [2.75, 3.05) is 26.2 Å². The van der Waals surface area contributed by atoms with Gasteiger partial charge in [-0.25, -0.2) is 4.79 Å². The van der Waals surface area contributed by atoms with E-state index in [1.54, 1.807) is 20.8 Å². The molecule has 3 amide bonds. The lowest BCUT2D eigenvalue weighted by molar-refractivity contribution is -0.151. The van der Waals surface area contributed by atoms with Crippen molar-refractivity contribution >= 4 is 17.9 Å². The molecule has 1 fully saturated rings. The minimum atomic E-state index is -0.670. The fraction of sp³-hybridized carbons (Fsp3) is 0.750. The van der Waals surface area contributed by atoms with Gasteiger partial charge in [-0.05, 0) is 27.2 Å². The van der Waals surface area contributed by atoms with Crippen LogP contribution >= 0.6 is 0 Å². The van der Waals surface area contributed by atoms with Gasteiger partial charge in [0.05, 0.1) is 0 Å². The largest absolute Gasteiger partial charge is 0.444 e. The molecular weight excluding hydrogens is 252 g/mol. The van der Waals surface area contributed by atoms with Crippen molar-refractivity contribution < 1.29 is 24.2 Å². The number of piperazine rings is 1. The maximum atomic E-state index is 11.8. The third-order valence-corrected chi connectivity index (χ3v) is 2.45. The Bertz CT molecular complexity index is 357. The van der Waals surface area contributed by atoms with Crippen molar-refractivity contribution in [3.63, 3.8) is 0 Å². The quantitative estimate of drug-likeness (QED) is 0.729. The predicted octanol–water partition coefficient (Wildman–Crippen LogP) is -0.0253. The van der Waals surface area contributed by atoms with E-state index in [4.69, 9.17) is 9.84 Å². The maximum Gasteiger partial charge on any atom is 0.411 e. The molecule has 0 atom stereocenters. The third-order valence-electron chi connectivity index (χ3n) is 2.45. The molecule has 1 aliphatic heterocycles. The smallest absolute Gasteiger partial charge is 0.411 e. The normalized spacial score (nSPS) is 16.8. The summed E-state index contributed by atoms with van der Waals surface area (Å²) in [5.74, 6) is -0.897. The van der Waals surface area contributed by atoms with Crippen LogP contribution < -0.4 is 0 Å². The van der Waals surface area contributed by atoms with Gasteiger partial charge in [-0.2, -0.15) is 0 Å². The molecule has 0 radical (unpaired) electrons. The Kier molecular flexibility index (Phi) is 4.88. The fourth-order valence-electron chi connectivity index (χ4n) is 1.63. The first-order chi connectivity index (χ1) is 8.74. The number of imide groups is 1. The Hall–Kier alpha value is -1.63. The van der Waals surface area contributed by atoms with Crippen molar-refractivity contribution in [3.8, 4) is 0 Å². The van der Waals surface area contributed by atoms with Crippen LogP contribution in [-0.4, -0.2) is 64.7 Å². The van der Waals surface area contributed by atoms with E-state index in [-0.39, 0.29) is 26.2 Å². The van der Waals surface area contributed by atoms with E-state index in [1.165, 1.54) is 0 Å². The topological polar surface area (TPSA) is 87.2 Å². The van der Waals surface area contributed by atoms with E-state index >= 15 is 0 Å². The highest BCUT2D eigenvalue weighted by molar-refractivity contribution is 6.01. The summed E-state index contributed by atoms with van der Waals surface area (Å²) in [7, 11) is 0. The molecule has 1 aliphatic rings. The van der Waals surface area contributed by atoms with Crippen molar-refractivity contribution in [3.05, 3.63) is 0 Å². The van der Waals surface area contributed by atoms with E-state index in [2.05, 4.69) is 0 Å². The second-order valence-corrected chi connectivity index (χ2v) is 5.35. The molecule has 1 rings (SSSR count). The van der Waals surface area contributed by atoms with Crippen LogP contribution in [0.4, 0.5) is 4.79 Å². The van der Waals surface area contributed by atoms with Crippen molar-refractivity contribution in [1.82, 2.24) is 9.80 Å². The minimum absolute atomic E-state index is 0.0904. The summed E-state index contributed by atoms with van der Waals surface area (Å²) >= 11 is 0. The van der Waals surface area contributed by atoms with Crippen LogP contribution in [0.15, 0.2) is 0 Å². The number of amides is 3. The molecule has 0 saturated carbocycles. The molecule has 0 bridgehead atoms. The zero-order valence-corrected chi connectivity index (χ0v) is 11.5. The van der Waals surface area contributed by atoms with Crippen LogP contribution in [0.1, 0.15) is 27.2 Å². The summed E-state index contributed by atoms with van der Waals surface area (Å²) in [6.07, 6.45) is -0.333. The predicted molar refractivity (Wildman–Crippen MR) is 66.2 cm³/mol. The minimum Gasteiger partial charge on any atom is -0.444 e. The van der Waals surface area contributed by atoms with Gasteiger partial charge in [0.25, 0.3) is 0 Å². The number of carbonyl (C=O) groups is 3. The van der Waals surface area contributed by atoms with Crippen LogP contribution in [0.5, 0.6) is 0 Å².